The lowest BCUT2D eigenvalue weighted by Crippen LogP contribution is -2.25. The Hall–Kier alpha value is -0.590. The van der Waals surface area contributed by atoms with Crippen molar-refractivity contribution in [1.82, 2.24) is 10.1 Å². The molecule has 0 radical (unpaired) electrons. The second-order valence-electron chi connectivity index (χ2n) is 5.07. The summed E-state index contributed by atoms with van der Waals surface area (Å²) >= 11 is 1.86. The molecule has 5 nitrogen and oxygen atoms in total. The molecule has 1 aliphatic heterocycles. The van der Waals surface area contributed by atoms with Gasteiger partial charge in [-0.25, -0.2) is 0 Å². The summed E-state index contributed by atoms with van der Waals surface area (Å²) < 4.78 is 10.8. The zero-order chi connectivity index (χ0) is 13.0. The van der Waals surface area contributed by atoms with Crippen molar-refractivity contribution >= 4 is 11.8 Å². The molecule has 0 aliphatic carbocycles. The Morgan fingerprint density at radius 1 is 1.50 bits per heavy atom. The van der Waals surface area contributed by atoms with Crippen molar-refractivity contribution in [1.29, 1.82) is 0 Å². The first kappa shape index (κ1) is 13.8. The highest BCUT2D eigenvalue weighted by molar-refractivity contribution is 7.99. The van der Waals surface area contributed by atoms with Crippen molar-refractivity contribution in [2.75, 3.05) is 18.1 Å². The zero-order valence-electron chi connectivity index (χ0n) is 11.0. The van der Waals surface area contributed by atoms with Crippen LogP contribution in [0.2, 0.25) is 0 Å². The van der Waals surface area contributed by atoms with E-state index in [-0.39, 0.29) is 12.1 Å². The van der Waals surface area contributed by atoms with Crippen LogP contribution in [0.3, 0.4) is 0 Å². The molecule has 2 N–H and O–H groups in total. The van der Waals surface area contributed by atoms with Gasteiger partial charge in [0.1, 0.15) is 6.10 Å². The lowest BCUT2D eigenvalue weighted by molar-refractivity contribution is 0.0677. The maximum absolute atomic E-state index is 6.03. The second-order valence-corrected chi connectivity index (χ2v) is 6.22. The van der Waals surface area contributed by atoms with Crippen LogP contribution >= 0.6 is 11.8 Å². The number of nitrogens with two attached hydrogens (primary N) is 1. The summed E-state index contributed by atoms with van der Waals surface area (Å²) in [5.41, 5.74) is 6.03. The van der Waals surface area contributed by atoms with E-state index in [1.165, 1.54) is 0 Å². The molecular weight excluding hydrogens is 250 g/mol. The third-order valence-corrected chi connectivity index (χ3v) is 3.79. The summed E-state index contributed by atoms with van der Waals surface area (Å²) in [6, 6.07) is 0.0833. The SMILES string of the molecule is CC(C)CC(N)Cc1nc(C2CSCCO2)no1. The first-order valence-electron chi connectivity index (χ1n) is 6.42. The minimum absolute atomic E-state index is 0.0254. The van der Waals surface area contributed by atoms with Crippen molar-refractivity contribution in [3.8, 4) is 0 Å². The minimum atomic E-state index is -0.0254. The standard InChI is InChI=1S/C12H21N3O2S/c1-8(2)5-9(13)6-11-14-12(15-17-11)10-7-18-4-3-16-10/h8-10H,3-7,13H2,1-2H3. The summed E-state index contributed by atoms with van der Waals surface area (Å²) in [5.74, 6) is 3.81. The zero-order valence-corrected chi connectivity index (χ0v) is 11.8. The van der Waals surface area contributed by atoms with E-state index in [0.717, 1.165) is 24.5 Å². The first-order valence-corrected chi connectivity index (χ1v) is 7.58. The number of rotatable bonds is 5. The Morgan fingerprint density at radius 3 is 3.00 bits per heavy atom. The summed E-state index contributed by atoms with van der Waals surface area (Å²) in [5, 5.41) is 3.99. The average Bonchev–Trinajstić information content (AvgIpc) is 2.77. The van der Waals surface area contributed by atoms with Gasteiger partial charge in [0.25, 0.3) is 0 Å². The van der Waals surface area contributed by atoms with Crippen LogP contribution in [0.5, 0.6) is 0 Å². The number of hydrogen-bond acceptors (Lipinski definition) is 6. The highest BCUT2D eigenvalue weighted by atomic mass is 32.2. The van der Waals surface area contributed by atoms with E-state index in [0.29, 0.717) is 24.1 Å². The summed E-state index contributed by atoms with van der Waals surface area (Å²) in [6.45, 7) is 5.07. The van der Waals surface area contributed by atoms with Gasteiger partial charge in [0.05, 0.1) is 6.61 Å². The van der Waals surface area contributed by atoms with Crippen molar-refractivity contribution in [3.63, 3.8) is 0 Å². The predicted molar refractivity (Wildman–Crippen MR) is 71.5 cm³/mol. The molecule has 0 saturated carbocycles. The van der Waals surface area contributed by atoms with Crippen LogP contribution in [0.4, 0.5) is 0 Å². The maximum Gasteiger partial charge on any atom is 0.228 e. The monoisotopic (exact) mass is 271 g/mol. The molecule has 102 valence electrons. The Bertz CT molecular complexity index is 364. The molecule has 1 aromatic rings. The molecule has 1 saturated heterocycles. The van der Waals surface area contributed by atoms with Gasteiger partial charge >= 0.3 is 0 Å². The van der Waals surface area contributed by atoms with Crippen LogP contribution in [-0.4, -0.2) is 34.3 Å². The van der Waals surface area contributed by atoms with Gasteiger partial charge in [-0.2, -0.15) is 16.7 Å². The number of aromatic nitrogens is 2. The van der Waals surface area contributed by atoms with Gasteiger partial charge in [-0.05, 0) is 12.3 Å². The third-order valence-electron chi connectivity index (χ3n) is 2.80. The Morgan fingerprint density at radius 2 is 2.33 bits per heavy atom. The Kier molecular flexibility index (Phi) is 5.03. The van der Waals surface area contributed by atoms with Crippen LogP contribution in [0.15, 0.2) is 4.52 Å². The molecule has 1 aliphatic rings. The molecule has 1 fully saturated rings. The number of thioether (sulfide) groups is 1. The van der Waals surface area contributed by atoms with Crippen LogP contribution in [0, 0.1) is 5.92 Å². The summed E-state index contributed by atoms with van der Waals surface area (Å²) in [7, 11) is 0. The Balaban J connectivity index is 1.89. The fourth-order valence-corrected chi connectivity index (χ4v) is 2.87. The lowest BCUT2D eigenvalue weighted by Gasteiger charge is -2.18. The van der Waals surface area contributed by atoms with Crippen LogP contribution in [0.25, 0.3) is 0 Å². The lowest BCUT2D eigenvalue weighted by atomic mass is 10.0. The van der Waals surface area contributed by atoms with Crippen LogP contribution in [-0.2, 0) is 11.2 Å². The van der Waals surface area contributed by atoms with Crippen LogP contribution < -0.4 is 5.73 Å². The van der Waals surface area contributed by atoms with Gasteiger partial charge in [0.2, 0.25) is 11.7 Å². The number of hydrogen-bond donors (Lipinski definition) is 1. The van der Waals surface area contributed by atoms with E-state index in [2.05, 4.69) is 24.0 Å². The fraction of sp³-hybridized carbons (Fsp3) is 0.833. The molecule has 0 spiro atoms. The van der Waals surface area contributed by atoms with Gasteiger partial charge in [-0.1, -0.05) is 19.0 Å². The topological polar surface area (TPSA) is 74.2 Å². The van der Waals surface area contributed by atoms with Gasteiger partial charge in [0.15, 0.2) is 0 Å². The normalized spacial score (nSPS) is 22.3. The molecule has 2 atom stereocenters. The largest absolute Gasteiger partial charge is 0.368 e. The van der Waals surface area contributed by atoms with Gasteiger partial charge in [0, 0.05) is 24.0 Å². The van der Waals surface area contributed by atoms with Crippen molar-refractivity contribution in [2.24, 2.45) is 11.7 Å². The molecule has 2 heterocycles. The minimum Gasteiger partial charge on any atom is -0.368 e. The van der Waals surface area contributed by atoms with E-state index in [1.54, 1.807) is 0 Å². The van der Waals surface area contributed by atoms with E-state index < -0.39 is 0 Å². The number of nitrogens with zero attached hydrogens (tertiary/aromatic N) is 2. The quantitative estimate of drug-likeness (QED) is 0.880. The highest BCUT2D eigenvalue weighted by Gasteiger charge is 2.22. The molecule has 2 unspecified atom stereocenters. The smallest absolute Gasteiger partial charge is 0.228 e. The molecule has 6 heteroatoms. The van der Waals surface area contributed by atoms with Crippen molar-refractivity contribution in [2.45, 2.75) is 38.8 Å². The van der Waals surface area contributed by atoms with Gasteiger partial charge in [-0.3, -0.25) is 0 Å². The molecule has 2 rings (SSSR count). The number of ether oxygens (including phenoxy) is 1. The molecule has 18 heavy (non-hydrogen) atoms. The predicted octanol–water partition coefficient (Wildman–Crippen LogP) is 1.79. The average molecular weight is 271 g/mol. The van der Waals surface area contributed by atoms with Crippen molar-refractivity contribution < 1.29 is 9.26 Å². The third kappa shape index (κ3) is 3.96. The first-order chi connectivity index (χ1) is 8.65. The Labute approximate surface area is 112 Å². The van der Waals surface area contributed by atoms with Crippen molar-refractivity contribution in [3.05, 3.63) is 11.7 Å². The summed E-state index contributed by atoms with van der Waals surface area (Å²) in [4.78, 5) is 4.39. The van der Waals surface area contributed by atoms with E-state index in [1.807, 2.05) is 11.8 Å². The fourth-order valence-electron chi connectivity index (χ4n) is 2.03. The highest BCUT2D eigenvalue weighted by Crippen LogP contribution is 2.24. The molecule has 0 bridgehead atoms. The van der Waals surface area contributed by atoms with E-state index in [9.17, 15) is 0 Å². The summed E-state index contributed by atoms with van der Waals surface area (Å²) in [6.07, 6.45) is 1.58. The molecule has 1 aromatic heterocycles. The van der Waals surface area contributed by atoms with Gasteiger partial charge in [-0.15, -0.1) is 0 Å². The van der Waals surface area contributed by atoms with Gasteiger partial charge < -0.3 is 15.0 Å². The molecule has 0 aromatic carbocycles. The molecule has 0 amide bonds. The van der Waals surface area contributed by atoms with E-state index >= 15 is 0 Å². The van der Waals surface area contributed by atoms with E-state index in [4.69, 9.17) is 15.0 Å². The maximum atomic E-state index is 6.03. The molecular formula is C12H21N3O2S. The second kappa shape index (κ2) is 6.54. The van der Waals surface area contributed by atoms with Crippen LogP contribution in [0.1, 0.15) is 38.1 Å².